The first kappa shape index (κ1) is 13.6. The van der Waals surface area contributed by atoms with E-state index in [-0.39, 0.29) is 17.2 Å². The molecule has 4 nitrogen and oxygen atoms in total. The summed E-state index contributed by atoms with van der Waals surface area (Å²) in [4.78, 5) is 16.5. The van der Waals surface area contributed by atoms with E-state index in [0.717, 1.165) is 21.5 Å². The molecule has 0 bridgehead atoms. The minimum absolute atomic E-state index is 0.0133. The molecule has 0 atom stereocenters. The van der Waals surface area contributed by atoms with Crippen LogP contribution in [0, 0.1) is 6.92 Å². The van der Waals surface area contributed by atoms with Gasteiger partial charge < -0.3 is 10.4 Å². The van der Waals surface area contributed by atoms with Crippen LogP contribution in [0.4, 0.5) is 0 Å². The molecule has 5 heteroatoms. The van der Waals surface area contributed by atoms with Crippen LogP contribution in [0.25, 0.3) is 10.8 Å². The Bertz CT molecular complexity index is 811. The highest BCUT2D eigenvalue weighted by atomic mass is 32.1. The Labute approximate surface area is 126 Å². The van der Waals surface area contributed by atoms with Gasteiger partial charge in [-0.05, 0) is 29.8 Å². The van der Waals surface area contributed by atoms with E-state index in [9.17, 15) is 9.90 Å². The molecule has 3 aromatic rings. The largest absolute Gasteiger partial charge is 0.507 e. The van der Waals surface area contributed by atoms with E-state index in [4.69, 9.17) is 0 Å². The van der Waals surface area contributed by atoms with Gasteiger partial charge in [0.1, 0.15) is 5.75 Å². The molecule has 3 rings (SSSR count). The van der Waals surface area contributed by atoms with E-state index in [1.165, 1.54) is 0 Å². The molecule has 0 aliphatic carbocycles. The summed E-state index contributed by atoms with van der Waals surface area (Å²) in [5, 5.41) is 17.5. The Kier molecular flexibility index (Phi) is 3.58. The van der Waals surface area contributed by atoms with Crippen LogP contribution in [-0.2, 0) is 6.54 Å². The van der Waals surface area contributed by atoms with Crippen molar-refractivity contribution in [2.24, 2.45) is 0 Å². The van der Waals surface area contributed by atoms with Crippen molar-refractivity contribution in [1.82, 2.24) is 10.3 Å². The summed E-state index contributed by atoms with van der Waals surface area (Å²) >= 11 is 1.55. The Hall–Kier alpha value is -2.40. The van der Waals surface area contributed by atoms with Gasteiger partial charge in [-0.25, -0.2) is 4.98 Å². The maximum absolute atomic E-state index is 12.2. The quantitative estimate of drug-likeness (QED) is 0.780. The lowest BCUT2D eigenvalue weighted by Crippen LogP contribution is -2.23. The SMILES string of the molecule is Cc1nc(CNC(=O)c2cc3ccccc3cc2O)cs1. The number of benzene rings is 2. The number of nitrogens with one attached hydrogen (secondary N) is 1. The van der Waals surface area contributed by atoms with Crippen molar-refractivity contribution in [3.63, 3.8) is 0 Å². The Morgan fingerprint density at radius 1 is 1.29 bits per heavy atom. The average Bonchev–Trinajstić information content (AvgIpc) is 2.89. The van der Waals surface area contributed by atoms with E-state index >= 15 is 0 Å². The number of carbonyl (C=O) groups is 1. The normalized spacial score (nSPS) is 10.7. The Morgan fingerprint density at radius 2 is 2.00 bits per heavy atom. The summed E-state index contributed by atoms with van der Waals surface area (Å²) in [6.45, 7) is 2.28. The third kappa shape index (κ3) is 2.87. The van der Waals surface area contributed by atoms with Crippen LogP contribution in [-0.4, -0.2) is 16.0 Å². The molecular formula is C16H14N2O2S. The fraction of sp³-hybridized carbons (Fsp3) is 0.125. The van der Waals surface area contributed by atoms with E-state index in [0.29, 0.717) is 6.54 Å². The molecule has 0 fully saturated rings. The first-order valence-electron chi connectivity index (χ1n) is 6.54. The maximum atomic E-state index is 12.2. The molecule has 0 spiro atoms. The fourth-order valence-electron chi connectivity index (χ4n) is 2.17. The summed E-state index contributed by atoms with van der Waals surface area (Å²) in [5.74, 6) is -0.315. The number of hydrogen-bond donors (Lipinski definition) is 2. The number of thiazole rings is 1. The molecule has 0 radical (unpaired) electrons. The highest BCUT2D eigenvalue weighted by molar-refractivity contribution is 7.09. The van der Waals surface area contributed by atoms with Crippen LogP contribution in [0.2, 0.25) is 0 Å². The Balaban J connectivity index is 1.82. The van der Waals surface area contributed by atoms with Gasteiger partial charge in [0.15, 0.2) is 0 Å². The molecule has 0 saturated heterocycles. The molecule has 106 valence electrons. The predicted molar refractivity (Wildman–Crippen MR) is 83.6 cm³/mol. The number of aryl methyl sites for hydroxylation is 1. The van der Waals surface area contributed by atoms with Gasteiger partial charge in [-0.3, -0.25) is 4.79 Å². The van der Waals surface area contributed by atoms with Gasteiger partial charge in [0.25, 0.3) is 5.91 Å². The van der Waals surface area contributed by atoms with Crippen LogP contribution in [0.1, 0.15) is 21.1 Å². The van der Waals surface area contributed by atoms with Crippen LogP contribution in [0.15, 0.2) is 41.8 Å². The molecule has 1 amide bonds. The van der Waals surface area contributed by atoms with Crippen molar-refractivity contribution in [2.75, 3.05) is 0 Å². The summed E-state index contributed by atoms with van der Waals surface area (Å²) in [5.41, 5.74) is 1.10. The summed E-state index contributed by atoms with van der Waals surface area (Å²) in [7, 11) is 0. The number of nitrogens with zero attached hydrogens (tertiary/aromatic N) is 1. The minimum Gasteiger partial charge on any atom is -0.507 e. The highest BCUT2D eigenvalue weighted by Gasteiger charge is 2.12. The Morgan fingerprint density at radius 3 is 2.67 bits per heavy atom. The second-order valence-electron chi connectivity index (χ2n) is 4.76. The fourth-order valence-corrected chi connectivity index (χ4v) is 2.78. The van der Waals surface area contributed by atoms with Crippen molar-refractivity contribution in [2.45, 2.75) is 13.5 Å². The molecule has 0 unspecified atom stereocenters. The van der Waals surface area contributed by atoms with Gasteiger partial charge in [-0.1, -0.05) is 24.3 Å². The molecule has 1 heterocycles. The lowest BCUT2D eigenvalue weighted by atomic mass is 10.1. The zero-order valence-electron chi connectivity index (χ0n) is 11.5. The van der Waals surface area contributed by atoms with Crippen LogP contribution >= 0.6 is 11.3 Å². The van der Waals surface area contributed by atoms with Crippen molar-refractivity contribution >= 4 is 28.0 Å². The molecule has 2 aromatic carbocycles. The molecule has 21 heavy (non-hydrogen) atoms. The minimum atomic E-state index is -0.302. The highest BCUT2D eigenvalue weighted by Crippen LogP contribution is 2.24. The van der Waals surface area contributed by atoms with Gasteiger partial charge >= 0.3 is 0 Å². The predicted octanol–water partition coefficient (Wildman–Crippen LogP) is 3.24. The average molecular weight is 298 g/mol. The van der Waals surface area contributed by atoms with Crippen LogP contribution in [0.5, 0.6) is 5.75 Å². The van der Waals surface area contributed by atoms with Gasteiger partial charge in [-0.15, -0.1) is 11.3 Å². The van der Waals surface area contributed by atoms with Gasteiger partial charge in [0.05, 0.1) is 22.8 Å². The molecule has 0 aliphatic heterocycles. The smallest absolute Gasteiger partial charge is 0.255 e. The zero-order valence-corrected chi connectivity index (χ0v) is 12.3. The second kappa shape index (κ2) is 5.54. The van der Waals surface area contributed by atoms with Crippen molar-refractivity contribution in [1.29, 1.82) is 0 Å². The molecule has 0 saturated carbocycles. The number of amides is 1. The van der Waals surface area contributed by atoms with Gasteiger partial charge in [-0.2, -0.15) is 0 Å². The number of hydrogen-bond acceptors (Lipinski definition) is 4. The first-order valence-corrected chi connectivity index (χ1v) is 7.42. The van der Waals surface area contributed by atoms with E-state index in [2.05, 4.69) is 10.3 Å². The molecule has 2 N–H and O–H groups in total. The molecular weight excluding hydrogens is 284 g/mol. The number of fused-ring (bicyclic) bond motifs is 1. The number of phenols is 1. The number of aromatic nitrogens is 1. The third-order valence-electron chi connectivity index (χ3n) is 3.21. The number of carbonyl (C=O) groups excluding carboxylic acids is 1. The second-order valence-corrected chi connectivity index (χ2v) is 5.82. The lowest BCUT2D eigenvalue weighted by molar-refractivity contribution is 0.0948. The number of phenolic OH excluding ortho intramolecular Hbond substituents is 1. The van der Waals surface area contributed by atoms with Crippen molar-refractivity contribution < 1.29 is 9.90 Å². The monoisotopic (exact) mass is 298 g/mol. The first-order chi connectivity index (χ1) is 10.1. The lowest BCUT2D eigenvalue weighted by Gasteiger charge is -2.07. The zero-order chi connectivity index (χ0) is 14.8. The van der Waals surface area contributed by atoms with Crippen molar-refractivity contribution in [3.05, 3.63) is 58.0 Å². The molecule has 1 aromatic heterocycles. The third-order valence-corrected chi connectivity index (χ3v) is 4.03. The molecule has 0 aliphatic rings. The summed E-state index contributed by atoms with van der Waals surface area (Å²) in [6, 6.07) is 10.9. The van der Waals surface area contributed by atoms with Crippen LogP contribution < -0.4 is 5.32 Å². The van der Waals surface area contributed by atoms with E-state index in [1.54, 1.807) is 23.5 Å². The van der Waals surface area contributed by atoms with Crippen LogP contribution in [0.3, 0.4) is 0 Å². The standard InChI is InChI=1S/C16H14N2O2S/c1-10-18-13(9-21-10)8-17-16(20)14-6-11-4-2-3-5-12(11)7-15(14)19/h2-7,9,19H,8H2,1H3,(H,17,20). The summed E-state index contributed by atoms with van der Waals surface area (Å²) in [6.07, 6.45) is 0. The number of rotatable bonds is 3. The van der Waals surface area contributed by atoms with E-state index < -0.39 is 0 Å². The van der Waals surface area contributed by atoms with E-state index in [1.807, 2.05) is 36.6 Å². The van der Waals surface area contributed by atoms with Gasteiger partial charge in [0, 0.05) is 5.38 Å². The number of aromatic hydroxyl groups is 1. The summed E-state index contributed by atoms with van der Waals surface area (Å²) < 4.78 is 0. The van der Waals surface area contributed by atoms with Gasteiger partial charge in [0.2, 0.25) is 0 Å². The topological polar surface area (TPSA) is 62.2 Å². The van der Waals surface area contributed by atoms with Crippen molar-refractivity contribution in [3.8, 4) is 5.75 Å². The maximum Gasteiger partial charge on any atom is 0.255 e.